The molecule has 1 saturated heterocycles. The molecule has 0 bridgehead atoms. The highest BCUT2D eigenvalue weighted by atomic mass is 79.9. The van der Waals surface area contributed by atoms with Crippen molar-refractivity contribution in [3.8, 4) is 0 Å². The van der Waals surface area contributed by atoms with Gasteiger partial charge in [0.15, 0.2) is 0 Å². The first-order valence-electron chi connectivity index (χ1n) is 5.56. The van der Waals surface area contributed by atoms with E-state index in [9.17, 15) is 4.79 Å². The Hall–Kier alpha value is -0.830. The lowest BCUT2D eigenvalue weighted by molar-refractivity contribution is -0.117. The second-order valence-electron chi connectivity index (χ2n) is 4.45. The van der Waals surface area contributed by atoms with Crippen LogP contribution in [0.25, 0.3) is 0 Å². The Morgan fingerprint density at radius 1 is 1.44 bits per heavy atom. The van der Waals surface area contributed by atoms with E-state index >= 15 is 0 Å². The van der Waals surface area contributed by atoms with Crippen molar-refractivity contribution in [1.29, 1.82) is 0 Å². The molecule has 0 aromatic heterocycles. The molecule has 0 N–H and O–H groups in total. The fourth-order valence-electron chi connectivity index (χ4n) is 2.15. The van der Waals surface area contributed by atoms with Gasteiger partial charge in [-0.05, 0) is 37.0 Å². The first-order chi connectivity index (χ1) is 7.63. The highest BCUT2D eigenvalue weighted by Gasteiger charge is 2.30. The van der Waals surface area contributed by atoms with Gasteiger partial charge in [-0.3, -0.25) is 4.79 Å². The minimum Gasteiger partial charge on any atom is -0.312 e. The Balaban J connectivity index is 2.31. The zero-order valence-electron chi connectivity index (χ0n) is 9.66. The quantitative estimate of drug-likeness (QED) is 0.763. The number of hydrogen-bond donors (Lipinski definition) is 0. The lowest BCUT2D eigenvalue weighted by Crippen LogP contribution is -2.25. The van der Waals surface area contributed by atoms with Gasteiger partial charge in [0.2, 0.25) is 5.91 Å². The van der Waals surface area contributed by atoms with E-state index < -0.39 is 0 Å². The summed E-state index contributed by atoms with van der Waals surface area (Å²) < 4.78 is 0. The molecule has 0 saturated carbocycles. The van der Waals surface area contributed by atoms with Crippen LogP contribution in [-0.4, -0.2) is 17.8 Å². The van der Waals surface area contributed by atoms with E-state index in [2.05, 4.69) is 35.8 Å². The van der Waals surface area contributed by atoms with E-state index in [1.807, 2.05) is 17.0 Å². The molecule has 2 nitrogen and oxygen atoms in total. The lowest BCUT2D eigenvalue weighted by Gasteiger charge is -2.20. The number of aryl methyl sites for hydroxylation is 1. The Bertz CT molecular complexity index is 416. The molecule has 1 aliphatic rings. The molecule has 86 valence electrons. The molecule has 1 fully saturated rings. The molecule has 1 aliphatic heterocycles. The summed E-state index contributed by atoms with van der Waals surface area (Å²) in [6, 6.07) is 6.14. The standard InChI is InChI=1S/C13H16BrNO/c1-9-4-3-5-12(10(9)2)15-8-11(7-14)6-13(15)16/h3-5,11H,6-8H2,1-2H3. The van der Waals surface area contributed by atoms with E-state index in [4.69, 9.17) is 0 Å². The Kier molecular flexibility index (Phi) is 3.33. The van der Waals surface area contributed by atoms with Crippen LogP contribution in [-0.2, 0) is 4.79 Å². The third-order valence-electron chi connectivity index (χ3n) is 3.29. The van der Waals surface area contributed by atoms with Crippen molar-refractivity contribution in [3.63, 3.8) is 0 Å². The number of halogens is 1. The maximum atomic E-state index is 11.9. The van der Waals surface area contributed by atoms with E-state index in [1.165, 1.54) is 11.1 Å². The fraction of sp³-hybridized carbons (Fsp3) is 0.462. The SMILES string of the molecule is Cc1cccc(N2CC(CBr)CC2=O)c1C. The summed E-state index contributed by atoms with van der Waals surface area (Å²) in [7, 11) is 0. The maximum absolute atomic E-state index is 11.9. The zero-order valence-corrected chi connectivity index (χ0v) is 11.3. The number of carbonyl (C=O) groups excluding carboxylic acids is 1. The van der Waals surface area contributed by atoms with Crippen LogP contribution in [0, 0.1) is 19.8 Å². The number of benzene rings is 1. The van der Waals surface area contributed by atoms with Crippen molar-refractivity contribution in [1.82, 2.24) is 0 Å². The molecule has 1 aromatic carbocycles. The van der Waals surface area contributed by atoms with Crippen LogP contribution in [0.2, 0.25) is 0 Å². The summed E-state index contributed by atoms with van der Waals surface area (Å²) in [4.78, 5) is 13.8. The van der Waals surface area contributed by atoms with Crippen molar-refractivity contribution in [2.75, 3.05) is 16.8 Å². The third kappa shape index (κ3) is 2.01. The van der Waals surface area contributed by atoms with Gasteiger partial charge >= 0.3 is 0 Å². The molecule has 2 rings (SSSR count). The van der Waals surface area contributed by atoms with Crippen molar-refractivity contribution in [2.24, 2.45) is 5.92 Å². The predicted octanol–water partition coefficient (Wildman–Crippen LogP) is 3.05. The van der Waals surface area contributed by atoms with E-state index in [1.54, 1.807) is 0 Å². The molecule has 0 aliphatic carbocycles. The summed E-state index contributed by atoms with van der Waals surface area (Å²) >= 11 is 3.46. The van der Waals surface area contributed by atoms with Gasteiger partial charge in [0, 0.05) is 24.0 Å². The van der Waals surface area contributed by atoms with Gasteiger partial charge < -0.3 is 4.90 Å². The van der Waals surface area contributed by atoms with Gasteiger partial charge in [0.1, 0.15) is 0 Å². The highest BCUT2D eigenvalue weighted by Crippen LogP contribution is 2.29. The van der Waals surface area contributed by atoms with E-state index in [0.29, 0.717) is 12.3 Å². The molecule has 16 heavy (non-hydrogen) atoms. The predicted molar refractivity (Wildman–Crippen MR) is 70.2 cm³/mol. The normalized spacial score (nSPS) is 20.6. The molecular weight excluding hydrogens is 266 g/mol. The minimum absolute atomic E-state index is 0.248. The van der Waals surface area contributed by atoms with E-state index in [0.717, 1.165) is 17.6 Å². The topological polar surface area (TPSA) is 20.3 Å². The Labute approximate surface area is 105 Å². The molecule has 1 amide bonds. The van der Waals surface area contributed by atoms with Crippen molar-refractivity contribution < 1.29 is 4.79 Å². The fourth-order valence-corrected chi connectivity index (χ4v) is 2.58. The first kappa shape index (κ1) is 11.6. The van der Waals surface area contributed by atoms with Gasteiger partial charge in [0.25, 0.3) is 0 Å². The average Bonchev–Trinajstić information content (AvgIpc) is 2.64. The molecule has 0 radical (unpaired) electrons. The van der Waals surface area contributed by atoms with Gasteiger partial charge in [-0.15, -0.1) is 0 Å². The second-order valence-corrected chi connectivity index (χ2v) is 5.10. The number of rotatable bonds is 2. The lowest BCUT2D eigenvalue weighted by atomic mass is 10.1. The summed E-state index contributed by atoms with van der Waals surface area (Å²) in [6.45, 7) is 5.01. The largest absolute Gasteiger partial charge is 0.312 e. The monoisotopic (exact) mass is 281 g/mol. The van der Waals surface area contributed by atoms with Crippen molar-refractivity contribution in [2.45, 2.75) is 20.3 Å². The zero-order chi connectivity index (χ0) is 11.7. The van der Waals surface area contributed by atoms with Crippen LogP contribution in [0.3, 0.4) is 0 Å². The van der Waals surface area contributed by atoms with Crippen LogP contribution in [0.4, 0.5) is 5.69 Å². The van der Waals surface area contributed by atoms with Crippen LogP contribution in [0.15, 0.2) is 18.2 Å². The molecule has 1 atom stereocenters. The number of alkyl halides is 1. The summed E-state index contributed by atoms with van der Waals surface area (Å²) in [5, 5.41) is 0.903. The van der Waals surface area contributed by atoms with E-state index in [-0.39, 0.29) is 5.91 Å². The number of hydrogen-bond acceptors (Lipinski definition) is 1. The highest BCUT2D eigenvalue weighted by molar-refractivity contribution is 9.09. The van der Waals surface area contributed by atoms with Crippen molar-refractivity contribution >= 4 is 27.5 Å². The van der Waals surface area contributed by atoms with Crippen LogP contribution < -0.4 is 4.90 Å². The van der Waals surface area contributed by atoms with Crippen LogP contribution in [0.5, 0.6) is 0 Å². The number of carbonyl (C=O) groups is 1. The van der Waals surface area contributed by atoms with Gasteiger partial charge in [-0.1, -0.05) is 28.1 Å². The van der Waals surface area contributed by atoms with Gasteiger partial charge in [-0.25, -0.2) is 0 Å². The minimum atomic E-state index is 0.248. The molecule has 1 heterocycles. The van der Waals surface area contributed by atoms with Crippen molar-refractivity contribution in [3.05, 3.63) is 29.3 Å². The molecule has 3 heteroatoms. The van der Waals surface area contributed by atoms with Gasteiger partial charge in [-0.2, -0.15) is 0 Å². The first-order valence-corrected chi connectivity index (χ1v) is 6.68. The average molecular weight is 282 g/mol. The van der Waals surface area contributed by atoms with Crippen LogP contribution in [0.1, 0.15) is 17.5 Å². The molecular formula is C13H16BrNO. The summed E-state index contributed by atoms with van der Waals surface area (Å²) in [5.41, 5.74) is 3.53. The third-order valence-corrected chi connectivity index (χ3v) is 4.21. The Morgan fingerprint density at radius 3 is 2.81 bits per heavy atom. The van der Waals surface area contributed by atoms with Gasteiger partial charge in [0.05, 0.1) is 0 Å². The number of anilines is 1. The molecule has 0 spiro atoms. The number of amides is 1. The second kappa shape index (κ2) is 4.58. The molecule has 1 unspecified atom stereocenters. The maximum Gasteiger partial charge on any atom is 0.227 e. The smallest absolute Gasteiger partial charge is 0.227 e. The summed E-state index contributed by atoms with van der Waals surface area (Å²) in [5.74, 6) is 0.700. The number of nitrogens with zero attached hydrogens (tertiary/aromatic N) is 1. The Morgan fingerprint density at radius 2 is 2.19 bits per heavy atom. The molecule has 1 aromatic rings. The van der Waals surface area contributed by atoms with Crippen LogP contribution >= 0.6 is 15.9 Å². The summed E-state index contributed by atoms with van der Waals surface area (Å²) in [6.07, 6.45) is 0.665.